The molecule has 0 heterocycles. The van der Waals surface area contributed by atoms with Crippen molar-refractivity contribution in [1.82, 2.24) is 0 Å². The van der Waals surface area contributed by atoms with Crippen molar-refractivity contribution >= 4 is 29.2 Å². The Hall–Kier alpha value is -1.69. The molecule has 7 heteroatoms. The minimum atomic E-state index is -3.16. The standard InChI is InChI=1S/C9H6ClF2NO3/c10-6-2-1-4(3-5(6)9(15)16)13-8(14)7(11)12/h1-3,7H,(H,13,14)(H,15,16). The van der Waals surface area contributed by atoms with E-state index in [2.05, 4.69) is 0 Å². The highest BCUT2D eigenvalue weighted by Crippen LogP contribution is 2.20. The quantitative estimate of drug-likeness (QED) is 0.863. The molecule has 0 saturated carbocycles. The Morgan fingerprint density at radius 1 is 1.38 bits per heavy atom. The molecule has 0 radical (unpaired) electrons. The molecule has 4 nitrogen and oxygen atoms in total. The van der Waals surface area contributed by atoms with Crippen molar-refractivity contribution < 1.29 is 23.5 Å². The van der Waals surface area contributed by atoms with E-state index >= 15 is 0 Å². The van der Waals surface area contributed by atoms with Crippen LogP contribution < -0.4 is 5.32 Å². The third-order valence-electron chi connectivity index (χ3n) is 1.66. The molecule has 0 atom stereocenters. The highest BCUT2D eigenvalue weighted by Gasteiger charge is 2.16. The van der Waals surface area contributed by atoms with Gasteiger partial charge in [-0.3, -0.25) is 4.79 Å². The Morgan fingerprint density at radius 3 is 2.50 bits per heavy atom. The van der Waals surface area contributed by atoms with E-state index < -0.39 is 18.3 Å². The monoisotopic (exact) mass is 249 g/mol. The number of benzene rings is 1. The molecule has 2 N–H and O–H groups in total. The molecule has 1 rings (SSSR count). The maximum atomic E-state index is 11.9. The van der Waals surface area contributed by atoms with Crippen LogP contribution in [-0.2, 0) is 4.79 Å². The van der Waals surface area contributed by atoms with Crippen molar-refractivity contribution in [2.45, 2.75) is 6.43 Å². The van der Waals surface area contributed by atoms with Gasteiger partial charge in [0.2, 0.25) is 0 Å². The Kier molecular flexibility index (Phi) is 3.78. The van der Waals surface area contributed by atoms with Gasteiger partial charge in [-0.1, -0.05) is 11.6 Å². The summed E-state index contributed by atoms with van der Waals surface area (Å²) in [7, 11) is 0. The van der Waals surface area contributed by atoms with Gasteiger partial charge in [0.05, 0.1) is 10.6 Å². The molecule has 86 valence electrons. The van der Waals surface area contributed by atoms with Crippen LogP contribution in [0.4, 0.5) is 14.5 Å². The van der Waals surface area contributed by atoms with Gasteiger partial charge in [-0.15, -0.1) is 0 Å². The highest BCUT2D eigenvalue weighted by atomic mass is 35.5. The molecule has 0 aromatic heterocycles. The number of halogens is 3. The number of anilines is 1. The number of alkyl halides is 2. The summed E-state index contributed by atoms with van der Waals surface area (Å²) in [5, 5.41) is 10.5. The summed E-state index contributed by atoms with van der Waals surface area (Å²) in [5.41, 5.74) is -0.319. The van der Waals surface area contributed by atoms with E-state index in [1.807, 2.05) is 5.32 Å². The zero-order valence-corrected chi connectivity index (χ0v) is 8.46. The molecule has 16 heavy (non-hydrogen) atoms. The SMILES string of the molecule is O=C(O)c1cc(NC(=O)C(F)F)ccc1Cl. The fraction of sp³-hybridized carbons (Fsp3) is 0.111. The molecule has 0 unspecified atom stereocenters. The molecule has 1 amide bonds. The van der Waals surface area contributed by atoms with Crippen molar-refractivity contribution in [2.24, 2.45) is 0 Å². The summed E-state index contributed by atoms with van der Waals surface area (Å²) >= 11 is 5.55. The van der Waals surface area contributed by atoms with E-state index in [4.69, 9.17) is 16.7 Å². The van der Waals surface area contributed by atoms with Crippen LogP contribution >= 0.6 is 11.6 Å². The van der Waals surface area contributed by atoms with Crippen molar-refractivity contribution in [3.8, 4) is 0 Å². The molecule has 0 bridgehead atoms. The molecule has 1 aromatic carbocycles. The van der Waals surface area contributed by atoms with Crippen molar-refractivity contribution in [3.05, 3.63) is 28.8 Å². The molecular weight excluding hydrogens is 244 g/mol. The lowest BCUT2D eigenvalue weighted by molar-refractivity contribution is -0.126. The number of rotatable bonds is 3. The summed E-state index contributed by atoms with van der Waals surface area (Å²) in [6.07, 6.45) is -3.16. The lowest BCUT2D eigenvalue weighted by atomic mass is 10.2. The molecule has 0 fully saturated rings. The van der Waals surface area contributed by atoms with Crippen LogP contribution in [0.15, 0.2) is 18.2 Å². The summed E-state index contributed by atoms with van der Waals surface area (Å²) < 4.78 is 23.8. The Labute approximate surface area is 93.8 Å². The number of carbonyl (C=O) groups is 2. The normalized spacial score (nSPS) is 10.2. The van der Waals surface area contributed by atoms with E-state index in [1.165, 1.54) is 12.1 Å². The first-order chi connectivity index (χ1) is 7.41. The Morgan fingerprint density at radius 2 is 2.00 bits per heavy atom. The number of nitrogens with one attached hydrogen (secondary N) is 1. The highest BCUT2D eigenvalue weighted by molar-refractivity contribution is 6.33. The Balaban J connectivity index is 2.95. The maximum Gasteiger partial charge on any atom is 0.337 e. The van der Waals surface area contributed by atoms with Crippen LogP contribution in [0, 0.1) is 0 Å². The van der Waals surface area contributed by atoms with E-state index in [1.54, 1.807) is 0 Å². The molecule has 0 aliphatic heterocycles. The van der Waals surface area contributed by atoms with Crippen molar-refractivity contribution in [2.75, 3.05) is 5.32 Å². The number of amides is 1. The van der Waals surface area contributed by atoms with Gasteiger partial charge in [-0.25, -0.2) is 4.79 Å². The van der Waals surface area contributed by atoms with Crippen molar-refractivity contribution in [3.63, 3.8) is 0 Å². The van der Waals surface area contributed by atoms with E-state index in [0.29, 0.717) is 0 Å². The fourth-order valence-electron chi connectivity index (χ4n) is 0.964. The van der Waals surface area contributed by atoms with E-state index in [9.17, 15) is 18.4 Å². The average molecular weight is 250 g/mol. The minimum Gasteiger partial charge on any atom is -0.478 e. The third kappa shape index (κ3) is 2.90. The van der Waals surface area contributed by atoms with Crippen molar-refractivity contribution in [1.29, 1.82) is 0 Å². The topological polar surface area (TPSA) is 66.4 Å². The number of hydrogen-bond acceptors (Lipinski definition) is 2. The zero-order valence-electron chi connectivity index (χ0n) is 7.71. The first-order valence-electron chi connectivity index (χ1n) is 4.03. The predicted octanol–water partition coefficient (Wildman–Crippen LogP) is 2.24. The van der Waals surface area contributed by atoms with E-state index in [0.717, 1.165) is 6.07 Å². The molecular formula is C9H6ClF2NO3. The van der Waals surface area contributed by atoms with Gasteiger partial charge in [-0.05, 0) is 18.2 Å². The summed E-state index contributed by atoms with van der Waals surface area (Å²) in [4.78, 5) is 21.3. The summed E-state index contributed by atoms with van der Waals surface area (Å²) in [6.45, 7) is 0. The molecule has 1 aromatic rings. The molecule has 0 aliphatic rings. The summed E-state index contributed by atoms with van der Waals surface area (Å²) in [6, 6.07) is 3.44. The molecule has 0 aliphatic carbocycles. The van der Waals surface area contributed by atoms with Gasteiger partial charge in [0.1, 0.15) is 0 Å². The second kappa shape index (κ2) is 4.89. The number of aromatic carboxylic acids is 1. The molecule has 0 saturated heterocycles. The van der Waals surface area contributed by atoms with Gasteiger partial charge in [0.25, 0.3) is 5.91 Å². The first kappa shape index (κ1) is 12.4. The van der Waals surface area contributed by atoms with Crippen LogP contribution in [0.1, 0.15) is 10.4 Å². The van der Waals surface area contributed by atoms with Crippen LogP contribution in [-0.4, -0.2) is 23.4 Å². The van der Waals surface area contributed by atoms with Crippen LogP contribution in [0.25, 0.3) is 0 Å². The van der Waals surface area contributed by atoms with Gasteiger partial charge in [-0.2, -0.15) is 8.78 Å². The third-order valence-corrected chi connectivity index (χ3v) is 1.99. The second-order valence-electron chi connectivity index (χ2n) is 2.79. The van der Waals surface area contributed by atoms with Gasteiger partial charge in [0.15, 0.2) is 0 Å². The maximum absolute atomic E-state index is 11.9. The Bertz CT molecular complexity index is 437. The lowest BCUT2D eigenvalue weighted by Crippen LogP contribution is -2.20. The lowest BCUT2D eigenvalue weighted by Gasteiger charge is -2.06. The predicted molar refractivity (Wildman–Crippen MR) is 53.0 cm³/mol. The van der Waals surface area contributed by atoms with Gasteiger partial charge < -0.3 is 10.4 Å². The largest absolute Gasteiger partial charge is 0.478 e. The number of carboxylic acid groups (broad SMARTS) is 1. The van der Waals surface area contributed by atoms with Crippen LogP contribution in [0.3, 0.4) is 0 Å². The second-order valence-corrected chi connectivity index (χ2v) is 3.20. The van der Waals surface area contributed by atoms with Crippen LogP contribution in [0.2, 0.25) is 5.02 Å². The summed E-state index contributed by atoms with van der Waals surface area (Å²) in [5.74, 6) is -2.81. The molecule has 0 spiro atoms. The van der Waals surface area contributed by atoms with Crippen LogP contribution in [0.5, 0.6) is 0 Å². The smallest absolute Gasteiger partial charge is 0.337 e. The number of carboxylic acids is 1. The first-order valence-corrected chi connectivity index (χ1v) is 4.41. The number of hydrogen-bond donors (Lipinski definition) is 2. The number of carbonyl (C=O) groups excluding carboxylic acids is 1. The zero-order chi connectivity index (χ0) is 12.3. The average Bonchev–Trinajstić information content (AvgIpc) is 2.20. The minimum absolute atomic E-state index is 0.0393. The fourth-order valence-corrected chi connectivity index (χ4v) is 1.16. The van der Waals surface area contributed by atoms with E-state index in [-0.39, 0.29) is 16.3 Å². The van der Waals surface area contributed by atoms with Gasteiger partial charge >= 0.3 is 12.4 Å². The van der Waals surface area contributed by atoms with Gasteiger partial charge in [0, 0.05) is 5.69 Å².